The summed E-state index contributed by atoms with van der Waals surface area (Å²) in [6, 6.07) is 11.3. The van der Waals surface area contributed by atoms with Crippen molar-refractivity contribution in [1.82, 2.24) is 0 Å². The fourth-order valence-corrected chi connectivity index (χ4v) is 2.99. The molecule has 2 aromatic rings. The molecule has 0 saturated heterocycles. The lowest BCUT2D eigenvalue weighted by atomic mass is 10.2. The van der Waals surface area contributed by atoms with Gasteiger partial charge in [0.15, 0.2) is 0 Å². The predicted molar refractivity (Wildman–Crippen MR) is 84.0 cm³/mol. The second-order valence-corrected chi connectivity index (χ2v) is 6.27. The molecule has 0 spiro atoms. The van der Waals surface area contributed by atoms with Gasteiger partial charge in [-0.25, -0.2) is 8.42 Å². The van der Waals surface area contributed by atoms with E-state index in [1.54, 1.807) is 30.3 Å². The second kappa shape index (κ2) is 6.05. The Morgan fingerprint density at radius 3 is 2.38 bits per heavy atom. The number of rotatable bonds is 5. The van der Waals surface area contributed by atoms with Gasteiger partial charge in [0.25, 0.3) is 10.0 Å². The highest BCUT2D eigenvalue weighted by Crippen LogP contribution is 2.24. The lowest BCUT2D eigenvalue weighted by Crippen LogP contribution is -2.13. The van der Waals surface area contributed by atoms with Gasteiger partial charge in [0.1, 0.15) is 5.75 Å². The van der Waals surface area contributed by atoms with E-state index in [-0.39, 0.29) is 4.90 Å². The molecule has 0 aliphatic carbocycles. The second-order valence-electron chi connectivity index (χ2n) is 4.58. The van der Waals surface area contributed by atoms with E-state index in [9.17, 15) is 8.42 Å². The number of hydrogen-bond donors (Lipinski definition) is 2. The summed E-state index contributed by atoms with van der Waals surface area (Å²) in [6.45, 7) is 4.28. The molecule has 0 heterocycles. The zero-order chi connectivity index (χ0) is 15.5. The van der Waals surface area contributed by atoms with Crippen molar-refractivity contribution in [2.75, 3.05) is 17.1 Å². The molecule has 0 fully saturated rings. The topological polar surface area (TPSA) is 81.4 Å². The Balaban J connectivity index is 2.26. The van der Waals surface area contributed by atoms with Crippen LogP contribution in [0.2, 0.25) is 0 Å². The van der Waals surface area contributed by atoms with Gasteiger partial charge in [0.05, 0.1) is 17.2 Å². The van der Waals surface area contributed by atoms with E-state index in [4.69, 9.17) is 10.5 Å². The maximum Gasteiger partial charge on any atom is 0.261 e. The van der Waals surface area contributed by atoms with E-state index in [1.807, 2.05) is 13.8 Å². The van der Waals surface area contributed by atoms with Gasteiger partial charge < -0.3 is 10.5 Å². The predicted octanol–water partition coefficient (Wildman–Crippen LogP) is 2.78. The molecule has 0 aromatic heterocycles. The molecule has 6 heteroatoms. The van der Waals surface area contributed by atoms with E-state index >= 15 is 0 Å². The maximum atomic E-state index is 12.3. The zero-order valence-corrected chi connectivity index (χ0v) is 12.8. The van der Waals surface area contributed by atoms with Gasteiger partial charge in [-0.3, -0.25) is 4.72 Å². The number of sulfonamides is 1. The molecule has 0 bridgehead atoms. The van der Waals surface area contributed by atoms with Crippen molar-refractivity contribution in [3.63, 3.8) is 0 Å². The SMILES string of the molecule is CCOc1ccc(NS(=O)(=O)c2ccc(N)cc2)c(C)c1. The van der Waals surface area contributed by atoms with Gasteiger partial charge in [-0.1, -0.05) is 0 Å². The Bertz CT molecular complexity index is 725. The molecule has 21 heavy (non-hydrogen) atoms. The first-order valence-electron chi connectivity index (χ1n) is 6.54. The molecule has 0 saturated carbocycles. The van der Waals surface area contributed by atoms with Gasteiger partial charge in [-0.15, -0.1) is 0 Å². The molecule has 0 unspecified atom stereocenters. The van der Waals surface area contributed by atoms with Crippen LogP contribution >= 0.6 is 0 Å². The number of aryl methyl sites for hydroxylation is 1. The van der Waals surface area contributed by atoms with E-state index in [0.29, 0.717) is 23.7 Å². The number of ether oxygens (including phenoxy) is 1. The van der Waals surface area contributed by atoms with Crippen LogP contribution in [-0.2, 0) is 10.0 Å². The zero-order valence-electron chi connectivity index (χ0n) is 12.0. The lowest BCUT2D eigenvalue weighted by molar-refractivity contribution is 0.340. The summed E-state index contributed by atoms with van der Waals surface area (Å²) < 4.78 is 32.5. The van der Waals surface area contributed by atoms with Crippen LogP contribution in [0.15, 0.2) is 47.4 Å². The smallest absolute Gasteiger partial charge is 0.261 e. The summed E-state index contributed by atoms with van der Waals surface area (Å²) >= 11 is 0. The molecule has 0 amide bonds. The maximum absolute atomic E-state index is 12.3. The van der Waals surface area contributed by atoms with Crippen molar-refractivity contribution in [2.24, 2.45) is 0 Å². The molecular formula is C15H18N2O3S. The monoisotopic (exact) mass is 306 g/mol. The standard InChI is InChI=1S/C15H18N2O3S/c1-3-20-13-6-9-15(11(2)10-13)17-21(18,19)14-7-4-12(16)5-8-14/h4-10,17H,3,16H2,1-2H3. The molecular weight excluding hydrogens is 288 g/mol. The molecule has 0 radical (unpaired) electrons. The van der Waals surface area contributed by atoms with Crippen molar-refractivity contribution in [3.05, 3.63) is 48.0 Å². The quantitative estimate of drug-likeness (QED) is 0.832. The van der Waals surface area contributed by atoms with Gasteiger partial charge in [-0.05, 0) is 61.9 Å². The van der Waals surface area contributed by atoms with Gasteiger partial charge in [0, 0.05) is 5.69 Å². The number of benzene rings is 2. The van der Waals surface area contributed by atoms with Crippen LogP contribution in [0.5, 0.6) is 5.75 Å². The number of nitrogens with one attached hydrogen (secondary N) is 1. The summed E-state index contributed by atoms with van der Waals surface area (Å²) in [7, 11) is -3.62. The van der Waals surface area contributed by atoms with Crippen LogP contribution in [-0.4, -0.2) is 15.0 Å². The normalized spacial score (nSPS) is 11.1. The fourth-order valence-electron chi connectivity index (χ4n) is 1.86. The molecule has 2 rings (SSSR count). The van der Waals surface area contributed by atoms with Crippen LogP contribution in [0, 0.1) is 6.92 Å². The molecule has 112 valence electrons. The van der Waals surface area contributed by atoms with Gasteiger partial charge >= 0.3 is 0 Å². The van der Waals surface area contributed by atoms with Crippen molar-refractivity contribution >= 4 is 21.4 Å². The van der Waals surface area contributed by atoms with E-state index in [0.717, 1.165) is 5.56 Å². The number of anilines is 2. The third kappa shape index (κ3) is 3.66. The first-order chi connectivity index (χ1) is 9.92. The molecule has 0 atom stereocenters. The van der Waals surface area contributed by atoms with Gasteiger partial charge in [-0.2, -0.15) is 0 Å². The minimum atomic E-state index is -3.62. The summed E-state index contributed by atoms with van der Waals surface area (Å²) in [5.41, 5.74) is 7.40. The lowest BCUT2D eigenvalue weighted by Gasteiger charge is -2.12. The minimum absolute atomic E-state index is 0.171. The Morgan fingerprint density at radius 2 is 1.81 bits per heavy atom. The van der Waals surface area contributed by atoms with E-state index in [2.05, 4.69) is 4.72 Å². The third-order valence-electron chi connectivity index (χ3n) is 2.94. The fraction of sp³-hybridized carbons (Fsp3) is 0.200. The first-order valence-corrected chi connectivity index (χ1v) is 8.02. The largest absolute Gasteiger partial charge is 0.494 e. The Hall–Kier alpha value is -2.21. The van der Waals surface area contributed by atoms with Crippen LogP contribution in [0.4, 0.5) is 11.4 Å². The van der Waals surface area contributed by atoms with E-state index in [1.165, 1.54) is 12.1 Å². The number of hydrogen-bond acceptors (Lipinski definition) is 4. The summed E-state index contributed by atoms with van der Waals surface area (Å²) in [4.78, 5) is 0.171. The Kier molecular flexibility index (Phi) is 4.37. The molecule has 5 nitrogen and oxygen atoms in total. The average Bonchev–Trinajstić information content (AvgIpc) is 2.42. The van der Waals surface area contributed by atoms with Crippen LogP contribution in [0.25, 0.3) is 0 Å². The highest BCUT2D eigenvalue weighted by atomic mass is 32.2. The van der Waals surface area contributed by atoms with Crippen LogP contribution in [0.1, 0.15) is 12.5 Å². The van der Waals surface area contributed by atoms with Crippen molar-refractivity contribution in [1.29, 1.82) is 0 Å². The van der Waals surface area contributed by atoms with Crippen LogP contribution < -0.4 is 15.2 Å². The third-order valence-corrected chi connectivity index (χ3v) is 4.33. The Labute approximate surface area is 124 Å². The first kappa shape index (κ1) is 15.2. The van der Waals surface area contributed by atoms with E-state index < -0.39 is 10.0 Å². The molecule has 3 N–H and O–H groups in total. The minimum Gasteiger partial charge on any atom is -0.494 e. The van der Waals surface area contributed by atoms with Crippen molar-refractivity contribution in [3.8, 4) is 5.75 Å². The van der Waals surface area contributed by atoms with Crippen molar-refractivity contribution in [2.45, 2.75) is 18.7 Å². The summed E-state index contributed by atoms with van der Waals surface area (Å²) in [5.74, 6) is 0.713. The van der Waals surface area contributed by atoms with Crippen LogP contribution in [0.3, 0.4) is 0 Å². The summed E-state index contributed by atoms with van der Waals surface area (Å²) in [5, 5.41) is 0. The number of nitrogen functional groups attached to an aromatic ring is 1. The van der Waals surface area contributed by atoms with Gasteiger partial charge in [0.2, 0.25) is 0 Å². The molecule has 2 aromatic carbocycles. The number of nitrogens with two attached hydrogens (primary N) is 1. The molecule has 0 aliphatic heterocycles. The highest BCUT2D eigenvalue weighted by molar-refractivity contribution is 7.92. The Morgan fingerprint density at radius 1 is 1.14 bits per heavy atom. The summed E-state index contributed by atoms with van der Waals surface area (Å²) in [6.07, 6.45) is 0. The average molecular weight is 306 g/mol. The van der Waals surface area contributed by atoms with Crippen molar-refractivity contribution < 1.29 is 13.2 Å². The highest BCUT2D eigenvalue weighted by Gasteiger charge is 2.15. The molecule has 0 aliphatic rings.